The maximum atomic E-state index is 13.7. The number of nitrogens with zero attached hydrogens (tertiary/aromatic N) is 1. The Kier molecular flexibility index (Phi) is 7.54. The Labute approximate surface area is 194 Å². The number of carbonyl (C=O) groups is 1. The molecule has 34 heavy (non-hydrogen) atoms. The van der Waals surface area contributed by atoms with Crippen LogP contribution in [0.4, 0.5) is 23.7 Å². The average Bonchev–Trinajstić information content (AvgIpc) is 2.78. The summed E-state index contributed by atoms with van der Waals surface area (Å²) in [5.41, 5.74) is 10.9. The first-order valence-electron chi connectivity index (χ1n) is 10.5. The normalized spacial score (nSPS) is 14.9. The number of amides is 2. The van der Waals surface area contributed by atoms with E-state index >= 15 is 0 Å². The number of rotatable bonds is 7. The van der Waals surface area contributed by atoms with Crippen LogP contribution in [0.3, 0.4) is 0 Å². The summed E-state index contributed by atoms with van der Waals surface area (Å²) in [7, 11) is 0. The summed E-state index contributed by atoms with van der Waals surface area (Å²) in [6, 6.07) is 7.65. The molecule has 0 saturated carbocycles. The summed E-state index contributed by atoms with van der Waals surface area (Å²) in [4.78, 5) is 12.6. The average molecular weight is 477 g/mol. The van der Waals surface area contributed by atoms with Gasteiger partial charge in [-0.1, -0.05) is 12.2 Å². The van der Waals surface area contributed by atoms with E-state index in [0.717, 1.165) is 6.07 Å². The minimum atomic E-state index is -4.62. The Hall–Kier alpha value is -3.89. The highest BCUT2D eigenvalue weighted by Crippen LogP contribution is 2.39. The standard InChI is InChI=1S/C23H26F3N5O3/c24-23(25,26)18-13-16(4-6-20(18)34-17-7-10-31(11-8-17)22(29)33)30-9-1-2-14-12-15(21(27)28)3-5-19(14)32/h1-6,12-13,17,30,32H,7-11H2,(H3,27,28)(H2,29,33)/b2-1+. The van der Waals surface area contributed by atoms with Crippen molar-refractivity contribution < 1.29 is 27.8 Å². The van der Waals surface area contributed by atoms with Gasteiger partial charge in [-0.2, -0.15) is 13.2 Å². The number of alkyl halides is 3. The van der Waals surface area contributed by atoms with E-state index < -0.39 is 23.9 Å². The third-order valence-corrected chi connectivity index (χ3v) is 5.39. The van der Waals surface area contributed by atoms with Gasteiger partial charge in [-0.25, -0.2) is 4.79 Å². The van der Waals surface area contributed by atoms with E-state index in [1.165, 1.54) is 35.2 Å². The van der Waals surface area contributed by atoms with Gasteiger partial charge in [0.2, 0.25) is 0 Å². The fourth-order valence-corrected chi connectivity index (χ4v) is 3.56. The molecule has 7 N–H and O–H groups in total. The second kappa shape index (κ2) is 10.4. The molecule has 1 saturated heterocycles. The molecule has 0 radical (unpaired) electrons. The van der Waals surface area contributed by atoms with Crippen molar-refractivity contribution in [1.82, 2.24) is 4.90 Å². The largest absolute Gasteiger partial charge is 0.507 e. The first kappa shape index (κ1) is 24.7. The van der Waals surface area contributed by atoms with Gasteiger partial charge in [0.05, 0.1) is 5.56 Å². The van der Waals surface area contributed by atoms with Crippen molar-refractivity contribution in [2.75, 3.05) is 25.0 Å². The van der Waals surface area contributed by atoms with Crippen LogP contribution in [0.1, 0.15) is 29.5 Å². The van der Waals surface area contributed by atoms with Crippen molar-refractivity contribution in [3.63, 3.8) is 0 Å². The van der Waals surface area contributed by atoms with Crippen molar-refractivity contribution >= 4 is 23.6 Å². The molecule has 2 aromatic carbocycles. The number of nitrogens with one attached hydrogen (secondary N) is 2. The van der Waals surface area contributed by atoms with Gasteiger partial charge in [0.25, 0.3) is 0 Å². The quantitative estimate of drug-likeness (QED) is 0.306. The lowest BCUT2D eigenvalue weighted by molar-refractivity contribution is -0.139. The number of ether oxygens (including phenoxy) is 1. The number of piperidine rings is 1. The van der Waals surface area contributed by atoms with Gasteiger partial charge >= 0.3 is 12.2 Å². The molecule has 0 aromatic heterocycles. The van der Waals surface area contributed by atoms with Crippen molar-refractivity contribution in [2.45, 2.75) is 25.1 Å². The van der Waals surface area contributed by atoms with Gasteiger partial charge < -0.3 is 31.5 Å². The number of urea groups is 1. The lowest BCUT2D eigenvalue weighted by Crippen LogP contribution is -2.44. The molecule has 8 nitrogen and oxygen atoms in total. The fraction of sp³-hybridized carbons (Fsp3) is 0.304. The SMILES string of the molecule is N=C(N)c1ccc(O)c(/C=C/CNc2ccc(OC3CCN(C(N)=O)CC3)c(C(F)(F)F)c2)c1. The molecule has 0 unspecified atom stereocenters. The van der Waals surface area contributed by atoms with E-state index in [2.05, 4.69) is 5.32 Å². The van der Waals surface area contributed by atoms with E-state index in [0.29, 0.717) is 37.1 Å². The van der Waals surface area contributed by atoms with Gasteiger partial charge in [0.1, 0.15) is 23.4 Å². The predicted molar refractivity (Wildman–Crippen MR) is 123 cm³/mol. The minimum absolute atomic E-state index is 0.0104. The first-order valence-corrected chi connectivity index (χ1v) is 10.5. The van der Waals surface area contributed by atoms with Crippen molar-refractivity contribution in [3.8, 4) is 11.5 Å². The molecule has 2 aromatic rings. The maximum Gasteiger partial charge on any atom is 0.420 e. The number of benzene rings is 2. The summed E-state index contributed by atoms with van der Waals surface area (Å²) in [5.74, 6) is -0.422. The number of aromatic hydroxyl groups is 1. The first-order chi connectivity index (χ1) is 16.0. The molecule has 1 fully saturated rings. The predicted octanol–water partition coefficient (Wildman–Crippen LogP) is 3.74. The topological polar surface area (TPSA) is 138 Å². The molecular weight excluding hydrogens is 451 g/mol. The Morgan fingerprint density at radius 3 is 2.53 bits per heavy atom. The lowest BCUT2D eigenvalue weighted by Gasteiger charge is -2.31. The monoisotopic (exact) mass is 477 g/mol. The van der Waals surface area contributed by atoms with Crippen LogP contribution in [0.15, 0.2) is 42.5 Å². The third-order valence-electron chi connectivity index (χ3n) is 5.39. The van der Waals surface area contributed by atoms with Crippen LogP contribution in [0, 0.1) is 5.41 Å². The molecule has 0 bridgehead atoms. The molecule has 0 atom stereocenters. The van der Waals surface area contributed by atoms with Crippen LogP contribution < -0.4 is 21.5 Å². The number of primary amides is 1. The maximum absolute atomic E-state index is 13.7. The van der Waals surface area contributed by atoms with E-state index in [-0.39, 0.29) is 29.6 Å². The van der Waals surface area contributed by atoms with Crippen LogP contribution in [0.25, 0.3) is 6.08 Å². The number of amidine groups is 1. The van der Waals surface area contributed by atoms with Crippen LogP contribution in [0.5, 0.6) is 11.5 Å². The van der Waals surface area contributed by atoms with Crippen molar-refractivity contribution in [2.24, 2.45) is 11.5 Å². The molecule has 1 heterocycles. The molecule has 0 spiro atoms. The smallest absolute Gasteiger partial charge is 0.420 e. The Morgan fingerprint density at radius 2 is 1.91 bits per heavy atom. The Morgan fingerprint density at radius 1 is 1.21 bits per heavy atom. The van der Waals surface area contributed by atoms with Gasteiger partial charge in [-0.15, -0.1) is 0 Å². The highest BCUT2D eigenvalue weighted by Gasteiger charge is 2.36. The summed E-state index contributed by atoms with van der Waals surface area (Å²) in [6.45, 7) is 0.850. The number of phenols is 1. The molecule has 182 valence electrons. The zero-order valence-electron chi connectivity index (χ0n) is 18.2. The molecule has 1 aliphatic heterocycles. The van der Waals surface area contributed by atoms with Gasteiger partial charge in [-0.3, -0.25) is 5.41 Å². The van der Waals surface area contributed by atoms with Crippen molar-refractivity contribution in [1.29, 1.82) is 5.41 Å². The number of phenolic OH excluding ortho intramolecular Hbond substituents is 1. The zero-order chi connectivity index (χ0) is 24.9. The van der Waals surface area contributed by atoms with Crippen LogP contribution in [0.2, 0.25) is 0 Å². The zero-order valence-corrected chi connectivity index (χ0v) is 18.2. The summed E-state index contributed by atoms with van der Waals surface area (Å²) >= 11 is 0. The Bertz CT molecular complexity index is 1080. The highest BCUT2D eigenvalue weighted by molar-refractivity contribution is 5.95. The molecule has 2 amide bonds. The van der Waals surface area contributed by atoms with E-state index in [1.807, 2.05) is 0 Å². The Balaban J connectivity index is 1.66. The number of hydrogen-bond acceptors (Lipinski definition) is 5. The second-order valence-corrected chi connectivity index (χ2v) is 7.82. The molecule has 11 heteroatoms. The molecular formula is C23H26F3N5O3. The molecule has 3 rings (SSSR count). The summed E-state index contributed by atoms with van der Waals surface area (Å²) in [5, 5.41) is 20.3. The summed E-state index contributed by atoms with van der Waals surface area (Å²) < 4.78 is 46.6. The van der Waals surface area contributed by atoms with Gasteiger partial charge in [-0.05, 0) is 36.4 Å². The number of halogens is 3. The third kappa shape index (κ3) is 6.33. The van der Waals surface area contributed by atoms with Gasteiger partial charge in [0.15, 0.2) is 0 Å². The molecule has 0 aliphatic carbocycles. The van der Waals surface area contributed by atoms with Crippen LogP contribution in [-0.2, 0) is 6.18 Å². The van der Waals surface area contributed by atoms with E-state index in [1.54, 1.807) is 12.2 Å². The second-order valence-electron chi connectivity index (χ2n) is 7.82. The minimum Gasteiger partial charge on any atom is -0.507 e. The number of hydrogen-bond donors (Lipinski definition) is 5. The van der Waals surface area contributed by atoms with E-state index in [4.69, 9.17) is 21.6 Å². The number of likely N-dealkylation sites (tertiary alicyclic amines) is 1. The number of nitrogen functional groups attached to an aromatic ring is 1. The number of carbonyl (C=O) groups excluding carboxylic acids is 1. The fourth-order valence-electron chi connectivity index (χ4n) is 3.56. The molecule has 1 aliphatic rings. The van der Waals surface area contributed by atoms with Crippen LogP contribution in [-0.4, -0.2) is 47.6 Å². The number of anilines is 1. The van der Waals surface area contributed by atoms with Crippen molar-refractivity contribution in [3.05, 3.63) is 59.2 Å². The van der Waals surface area contributed by atoms with Crippen LogP contribution >= 0.6 is 0 Å². The number of nitrogens with two attached hydrogens (primary N) is 2. The van der Waals surface area contributed by atoms with Gasteiger partial charge in [0, 0.05) is 49.3 Å². The summed E-state index contributed by atoms with van der Waals surface area (Å²) in [6.07, 6.45) is -1.07. The highest BCUT2D eigenvalue weighted by atomic mass is 19.4. The lowest BCUT2D eigenvalue weighted by atomic mass is 10.1. The van der Waals surface area contributed by atoms with E-state index in [9.17, 15) is 23.1 Å².